The van der Waals surface area contributed by atoms with Gasteiger partial charge in [-0.2, -0.15) is 10.2 Å². The number of rotatable bonds is 4. The normalized spacial score (nSPS) is 28.2. The first-order chi connectivity index (χ1) is 10.3. The average Bonchev–Trinajstić information content (AvgIpc) is 2.81. The number of carbonyl (C=O) groups excluding carboxylic acids is 1. The monoisotopic (exact) mass is 289 g/mol. The smallest absolute Gasteiger partial charge is 0.255 e. The van der Waals surface area contributed by atoms with Gasteiger partial charge < -0.3 is 14.4 Å². The van der Waals surface area contributed by atoms with Crippen molar-refractivity contribution in [1.82, 2.24) is 15.1 Å². The summed E-state index contributed by atoms with van der Waals surface area (Å²) >= 11 is 0. The van der Waals surface area contributed by atoms with Crippen LogP contribution in [0.4, 0.5) is 0 Å². The molecule has 1 aliphatic heterocycles. The number of hydrogen-bond donors (Lipinski definition) is 0. The van der Waals surface area contributed by atoms with Gasteiger partial charge in [-0.25, -0.2) is 0 Å². The highest BCUT2D eigenvalue weighted by atomic mass is 16.5. The van der Waals surface area contributed by atoms with Gasteiger partial charge in [-0.05, 0) is 18.9 Å². The van der Waals surface area contributed by atoms with Crippen molar-refractivity contribution < 1.29 is 14.3 Å². The van der Waals surface area contributed by atoms with E-state index in [0.717, 1.165) is 12.8 Å². The first-order valence-corrected chi connectivity index (χ1v) is 7.23. The molecule has 3 atom stereocenters. The van der Waals surface area contributed by atoms with Crippen molar-refractivity contribution in [3.63, 3.8) is 0 Å². The molecule has 1 aromatic rings. The maximum absolute atomic E-state index is 12.7. The standard InChI is InChI=1S/C15H19N3O3/c1-2-8-21-14-12-3-4-13(14)20-9-7-18(12)15(19)11-5-6-16-17-10-11/h2,5-6,10,12-14H,1,3-4,7-9H2. The molecule has 0 aromatic carbocycles. The molecular weight excluding hydrogens is 270 g/mol. The van der Waals surface area contributed by atoms with Gasteiger partial charge in [-0.15, -0.1) is 6.58 Å². The maximum atomic E-state index is 12.7. The molecule has 1 aromatic heterocycles. The van der Waals surface area contributed by atoms with Gasteiger partial charge in [0, 0.05) is 6.54 Å². The van der Waals surface area contributed by atoms with Crippen LogP contribution in [0.15, 0.2) is 31.1 Å². The lowest BCUT2D eigenvalue weighted by Crippen LogP contribution is -2.46. The quantitative estimate of drug-likeness (QED) is 0.775. The van der Waals surface area contributed by atoms with E-state index in [1.807, 2.05) is 4.90 Å². The van der Waals surface area contributed by atoms with Crippen LogP contribution < -0.4 is 0 Å². The molecule has 2 aliphatic rings. The summed E-state index contributed by atoms with van der Waals surface area (Å²) in [6, 6.07) is 1.74. The fourth-order valence-electron chi connectivity index (χ4n) is 3.12. The summed E-state index contributed by atoms with van der Waals surface area (Å²) in [4.78, 5) is 14.5. The van der Waals surface area contributed by atoms with Gasteiger partial charge >= 0.3 is 0 Å². The summed E-state index contributed by atoms with van der Waals surface area (Å²) in [5.41, 5.74) is 0.554. The summed E-state index contributed by atoms with van der Waals surface area (Å²) in [7, 11) is 0. The molecule has 0 radical (unpaired) electrons. The van der Waals surface area contributed by atoms with E-state index >= 15 is 0 Å². The zero-order chi connectivity index (χ0) is 14.7. The Labute approximate surface area is 123 Å². The van der Waals surface area contributed by atoms with Crippen LogP contribution in [-0.2, 0) is 9.47 Å². The SMILES string of the molecule is C=CCOC1C2CCC1N(C(=O)c1ccnnc1)CCO2. The van der Waals surface area contributed by atoms with Crippen LogP contribution in [0, 0.1) is 0 Å². The average molecular weight is 289 g/mol. The predicted molar refractivity (Wildman–Crippen MR) is 75.8 cm³/mol. The van der Waals surface area contributed by atoms with Crippen LogP contribution in [0.1, 0.15) is 23.2 Å². The summed E-state index contributed by atoms with van der Waals surface area (Å²) in [5, 5.41) is 7.49. The Bertz CT molecular complexity index is 508. The van der Waals surface area contributed by atoms with E-state index in [4.69, 9.17) is 9.47 Å². The molecule has 112 valence electrons. The third-order valence-corrected chi connectivity index (χ3v) is 4.06. The van der Waals surface area contributed by atoms with E-state index in [1.165, 1.54) is 12.4 Å². The fraction of sp³-hybridized carbons (Fsp3) is 0.533. The Balaban J connectivity index is 1.81. The Morgan fingerprint density at radius 1 is 1.52 bits per heavy atom. The van der Waals surface area contributed by atoms with Crippen LogP contribution in [0.5, 0.6) is 0 Å². The number of fused-ring (bicyclic) bond motifs is 2. The summed E-state index contributed by atoms with van der Waals surface area (Å²) in [6.45, 7) is 5.27. The molecule has 6 nitrogen and oxygen atoms in total. The van der Waals surface area contributed by atoms with Gasteiger partial charge in [0.15, 0.2) is 0 Å². The molecule has 21 heavy (non-hydrogen) atoms. The minimum Gasteiger partial charge on any atom is -0.374 e. The highest BCUT2D eigenvalue weighted by Crippen LogP contribution is 2.32. The topological polar surface area (TPSA) is 64.5 Å². The van der Waals surface area contributed by atoms with Crippen LogP contribution in [0.25, 0.3) is 0 Å². The summed E-state index contributed by atoms with van der Waals surface area (Å²) < 4.78 is 11.7. The van der Waals surface area contributed by atoms with Gasteiger partial charge in [-0.3, -0.25) is 4.79 Å². The van der Waals surface area contributed by atoms with Gasteiger partial charge in [0.05, 0.1) is 43.3 Å². The van der Waals surface area contributed by atoms with E-state index in [2.05, 4.69) is 16.8 Å². The first kappa shape index (κ1) is 14.2. The van der Waals surface area contributed by atoms with E-state index in [0.29, 0.717) is 25.3 Å². The highest BCUT2D eigenvalue weighted by molar-refractivity contribution is 5.94. The number of nitrogens with zero attached hydrogens (tertiary/aromatic N) is 3. The van der Waals surface area contributed by atoms with Gasteiger partial charge in [-0.1, -0.05) is 6.08 Å². The molecular formula is C15H19N3O3. The zero-order valence-electron chi connectivity index (χ0n) is 11.9. The second kappa shape index (κ2) is 6.32. The van der Waals surface area contributed by atoms with Gasteiger partial charge in [0.25, 0.3) is 5.91 Å². The molecule has 3 unspecified atom stereocenters. The van der Waals surface area contributed by atoms with Crippen molar-refractivity contribution in [3.05, 3.63) is 36.7 Å². The molecule has 1 saturated carbocycles. The molecule has 2 heterocycles. The van der Waals surface area contributed by atoms with Crippen molar-refractivity contribution in [2.75, 3.05) is 19.8 Å². The second-order valence-electron chi connectivity index (χ2n) is 5.27. The lowest BCUT2D eigenvalue weighted by Gasteiger charge is -2.31. The predicted octanol–water partition coefficient (Wildman–Crippen LogP) is 1.05. The molecule has 1 aliphatic carbocycles. The zero-order valence-corrected chi connectivity index (χ0v) is 11.9. The van der Waals surface area contributed by atoms with E-state index < -0.39 is 0 Å². The van der Waals surface area contributed by atoms with Gasteiger partial charge in [0.1, 0.15) is 6.10 Å². The fourth-order valence-corrected chi connectivity index (χ4v) is 3.12. The second-order valence-corrected chi connectivity index (χ2v) is 5.27. The number of ether oxygens (including phenoxy) is 2. The van der Waals surface area contributed by atoms with Crippen molar-refractivity contribution in [2.45, 2.75) is 31.1 Å². The van der Waals surface area contributed by atoms with Crippen molar-refractivity contribution >= 4 is 5.91 Å². The first-order valence-electron chi connectivity index (χ1n) is 7.23. The lowest BCUT2D eigenvalue weighted by atomic mass is 10.1. The van der Waals surface area contributed by atoms with Crippen LogP contribution in [0.3, 0.4) is 0 Å². The molecule has 3 rings (SSSR count). The van der Waals surface area contributed by atoms with Crippen LogP contribution in [0.2, 0.25) is 0 Å². The summed E-state index contributed by atoms with van der Waals surface area (Å²) in [5.74, 6) is -0.0340. The Morgan fingerprint density at radius 3 is 3.19 bits per heavy atom. The third-order valence-electron chi connectivity index (χ3n) is 4.06. The van der Waals surface area contributed by atoms with Gasteiger partial charge in [0.2, 0.25) is 0 Å². The highest BCUT2D eigenvalue weighted by Gasteiger charge is 2.44. The lowest BCUT2D eigenvalue weighted by molar-refractivity contribution is -0.0434. The van der Waals surface area contributed by atoms with Crippen molar-refractivity contribution in [2.24, 2.45) is 0 Å². The summed E-state index contributed by atoms with van der Waals surface area (Å²) in [6.07, 6.45) is 6.57. The Kier molecular flexibility index (Phi) is 4.26. The molecule has 2 bridgehead atoms. The van der Waals surface area contributed by atoms with E-state index in [-0.39, 0.29) is 24.2 Å². The number of hydrogen-bond acceptors (Lipinski definition) is 5. The number of carbonyl (C=O) groups is 1. The largest absolute Gasteiger partial charge is 0.374 e. The molecule has 0 N–H and O–H groups in total. The number of aromatic nitrogens is 2. The Morgan fingerprint density at radius 2 is 2.43 bits per heavy atom. The molecule has 0 spiro atoms. The molecule has 1 amide bonds. The minimum absolute atomic E-state index is 0.0340. The third kappa shape index (κ3) is 2.82. The van der Waals surface area contributed by atoms with Crippen molar-refractivity contribution in [3.8, 4) is 0 Å². The maximum Gasteiger partial charge on any atom is 0.255 e. The van der Waals surface area contributed by atoms with E-state index in [9.17, 15) is 4.79 Å². The van der Waals surface area contributed by atoms with E-state index in [1.54, 1.807) is 12.1 Å². The molecule has 2 fully saturated rings. The van der Waals surface area contributed by atoms with Crippen LogP contribution >= 0.6 is 0 Å². The van der Waals surface area contributed by atoms with Crippen LogP contribution in [-0.4, -0.2) is 59.0 Å². The number of amides is 1. The minimum atomic E-state index is -0.0794. The molecule has 1 saturated heterocycles. The molecule has 6 heteroatoms. The Hall–Kier alpha value is -1.79. The van der Waals surface area contributed by atoms with Crippen molar-refractivity contribution in [1.29, 1.82) is 0 Å².